The standard InChI is InChI=1S/C11H9FN2O2.Ag/c12-9-8(13-11(16)14-10(9)15)6-7-4-2-1-3-5-7;/h1-5H,6H2,(H2,13,14,15,16);. The molecule has 0 saturated carbocycles. The van der Waals surface area contributed by atoms with E-state index in [-0.39, 0.29) is 34.5 Å². The van der Waals surface area contributed by atoms with Gasteiger partial charge in [-0.2, -0.15) is 4.39 Å². The molecule has 2 rings (SSSR count). The summed E-state index contributed by atoms with van der Waals surface area (Å²) >= 11 is 0. The van der Waals surface area contributed by atoms with Crippen LogP contribution in [0.4, 0.5) is 4.39 Å². The summed E-state index contributed by atoms with van der Waals surface area (Å²) in [4.78, 5) is 26.1. The fourth-order valence-electron chi connectivity index (χ4n) is 1.44. The molecule has 0 spiro atoms. The van der Waals surface area contributed by atoms with Crippen molar-refractivity contribution in [1.29, 1.82) is 0 Å². The Balaban J connectivity index is 0.00000144. The molecule has 1 radical (unpaired) electrons. The SMILES string of the molecule is O=c1[nH]c(Cc2ccccc2)c(F)c(=O)[nH]1.[Ag]. The van der Waals surface area contributed by atoms with Crippen molar-refractivity contribution in [3.05, 3.63) is 68.2 Å². The molecule has 1 aromatic heterocycles. The van der Waals surface area contributed by atoms with Gasteiger partial charge in [0.2, 0.25) is 5.82 Å². The normalized spacial score (nSPS) is 9.71. The van der Waals surface area contributed by atoms with E-state index in [2.05, 4.69) is 4.98 Å². The number of rotatable bonds is 2. The van der Waals surface area contributed by atoms with Crippen molar-refractivity contribution in [3.8, 4) is 0 Å². The molecule has 1 heterocycles. The van der Waals surface area contributed by atoms with Crippen molar-refractivity contribution >= 4 is 0 Å². The Labute approximate surface area is 111 Å². The molecule has 0 saturated heterocycles. The van der Waals surface area contributed by atoms with E-state index in [1.54, 1.807) is 24.3 Å². The summed E-state index contributed by atoms with van der Waals surface area (Å²) in [6.45, 7) is 0. The average Bonchev–Trinajstić information content (AvgIpc) is 2.27. The molecule has 0 fully saturated rings. The van der Waals surface area contributed by atoms with Gasteiger partial charge in [0.05, 0.1) is 5.69 Å². The zero-order valence-electron chi connectivity index (χ0n) is 8.59. The molecule has 6 heteroatoms. The molecule has 2 N–H and O–H groups in total. The number of nitrogens with one attached hydrogen (secondary N) is 2. The first-order valence-electron chi connectivity index (χ1n) is 4.72. The van der Waals surface area contributed by atoms with Crippen LogP contribution in [0.1, 0.15) is 11.3 Å². The van der Waals surface area contributed by atoms with Gasteiger partial charge in [-0.05, 0) is 5.56 Å². The quantitative estimate of drug-likeness (QED) is 0.801. The van der Waals surface area contributed by atoms with E-state index in [1.807, 2.05) is 11.1 Å². The number of aromatic nitrogens is 2. The molecule has 2 aromatic rings. The van der Waals surface area contributed by atoms with E-state index in [9.17, 15) is 14.0 Å². The molecule has 0 amide bonds. The molecule has 0 atom stereocenters. The number of hydrogen-bond acceptors (Lipinski definition) is 2. The van der Waals surface area contributed by atoms with Crippen molar-refractivity contribution < 1.29 is 26.8 Å². The summed E-state index contributed by atoms with van der Waals surface area (Å²) in [5.41, 5.74) is -0.866. The van der Waals surface area contributed by atoms with Gasteiger partial charge in [-0.15, -0.1) is 0 Å². The van der Waals surface area contributed by atoms with Crippen LogP contribution in [0.5, 0.6) is 0 Å². The molecule has 0 aliphatic rings. The largest absolute Gasteiger partial charge is 0.326 e. The van der Waals surface area contributed by atoms with E-state index in [0.717, 1.165) is 5.56 Å². The van der Waals surface area contributed by atoms with Gasteiger partial charge in [0.15, 0.2) is 0 Å². The Hall–Kier alpha value is -1.43. The number of H-pyrrole nitrogens is 2. The number of halogens is 1. The molecular formula is C11H9AgFN2O2. The molecule has 0 aliphatic carbocycles. The molecule has 1 aromatic carbocycles. The minimum atomic E-state index is -0.991. The van der Waals surface area contributed by atoms with Gasteiger partial charge in [-0.25, -0.2) is 4.79 Å². The van der Waals surface area contributed by atoms with E-state index in [0.29, 0.717) is 0 Å². The Morgan fingerprint density at radius 1 is 1.06 bits per heavy atom. The summed E-state index contributed by atoms with van der Waals surface area (Å²) in [6.07, 6.45) is 0.186. The maximum atomic E-state index is 13.4. The third kappa shape index (κ3) is 3.26. The van der Waals surface area contributed by atoms with E-state index in [1.165, 1.54) is 0 Å². The van der Waals surface area contributed by atoms with Crippen molar-refractivity contribution in [3.63, 3.8) is 0 Å². The Bertz CT molecular complexity index is 607. The van der Waals surface area contributed by atoms with Crippen molar-refractivity contribution in [2.24, 2.45) is 0 Å². The van der Waals surface area contributed by atoms with Crippen LogP contribution in [-0.4, -0.2) is 9.97 Å². The van der Waals surface area contributed by atoms with Crippen LogP contribution in [0, 0.1) is 5.82 Å². The molecule has 17 heavy (non-hydrogen) atoms. The second-order valence-corrected chi connectivity index (χ2v) is 3.36. The fraction of sp³-hybridized carbons (Fsp3) is 0.0909. The van der Waals surface area contributed by atoms with Gasteiger partial charge < -0.3 is 4.98 Å². The summed E-state index contributed by atoms with van der Waals surface area (Å²) in [6, 6.07) is 9.02. The van der Waals surface area contributed by atoms with Gasteiger partial charge >= 0.3 is 5.69 Å². The summed E-state index contributed by atoms with van der Waals surface area (Å²) < 4.78 is 13.4. The zero-order chi connectivity index (χ0) is 11.5. The molecular weight excluding hydrogens is 319 g/mol. The Morgan fingerprint density at radius 2 is 1.71 bits per heavy atom. The monoisotopic (exact) mass is 327 g/mol. The first-order valence-corrected chi connectivity index (χ1v) is 4.72. The van der Waals surface area contributed by atoms with Gasteiger partial charge in [0.25, 0.3) is 5.56 Å². The van der Waals surface area contributed by atoms with E-state index in [4.69, 9.17) is 0 Å². The van der Waals surface area contributed by atoms with Crippen molar-refractivity contribution in [1.82, 2.24) is 9.97 Å². The number of benzene rings is 1. The van der Waals surface area contributed by atoms with Crippen LogP contribution in [0.15, 0.2) is 39.9 Å². The van der Waals surface area contributed by atoms with Gasteiger partial charge in [0.1, 0.15) is 0 Å². The first kappa shape index (κ1) is 13.6. The number of hydrogen-bond donors (Lipinski definition) is 2. The third-order valence-corrected chi connectivity index (χ3v) is 2.18. The summed E-state index contributed by atoms with van der Waals surface area (Å²) in [5.74, 6) is -0.941. The van der Waals surface area contributed by atoms with E-state index < -0.39 is 17.1 Å². The Morgan fingerprint density at radius 3 is 2.35 bits per heavy atom. The average molecular weight is 328 g/mol. The van der Waals surface area contributed by atoms with Gasteiger partial charge in [0, 0.05) is 28.8 Å². The predicted molar refractivity (Wildman–Crippen MR) is 56.9 cm³/mol. The molecule has 0 unspecified atom stereocenters. The van der Waals surface area contributed by atoms with Crippen LogP contribution < -0.4 is 11.2 Å². The molecule has 0 bridgehead atoms. The zero-order valence-corrected chi connectivity index (χ0v) is 10.1. The Kier molecular flexibility index (Phi) is 4.63. The topological polar surface area (TPSA) is 65.7 Å². The smallest absolute Gasteiger partial charge is 0.308 e. The second-order valence-electron chi connectivity index (χ2n) is 3.36. The van der Waals surface area contributed by atoms with Crippen LogP contribution >= 0.6 is 0 Å². The fourth-order valence-corrected chi connectivity index (χ4v) is 1.44. The maximum Gasteiger partial charge on any atom is 0.326 e. The van der Waals surface area contributed by atoms with E-state index >= 15 is 0 Å². The molecule has 0 aliphatic heterocycles. The maximum absolute atomic E-state index is 13.4. The van der Waals surface area contributed by atoms with Crippen LogP contribution in [0.3, 0.4) is 0 Å². The van der Waals surface area contributed by atoms with Crippen molar-refractivity contribution in [2.45, 2.75) is 6.42 Å². The second kappa shape index (κ2) is 5.77. The molecule has 93 valence electrons. The van der Waals surface area contributed by atoms with Crippen molar-refractivity contribution in [2.75, 3.05) is 0 Å². The van der Waals surface area contributed by atoms with Crippen LogP contribution in [0.2, 0.25) is 0 Å². The molecule has 4 nitrogen and oxygen atoms in total. The van der Waals surface area contributed by atoms with Gasteiger partial charge in [-0.1, -0.05) is 30.3 Å². The summed E-state index contributed by atoms with van der Waals surface area (Å²) in [5, 5.41) is 0. The first-order chi connectivity index (χ1) is 7.66. The summed E-state index contributed by atoms with van der Waals surface area (Å²) in [7, 11) is 0. The predicted octanol–water partition coefficient (Wildman–Crippen LogP) is 0.791. The van der Waals surface area contributed by atoms with Gasteiger partial charge in [-0.3, -0.25) is 9.78 Å². The minimum absolute atomic E-state index is 0. The minimum Gasteiger partial charge on any atom is -0.308 e. The van der Waals surface area contributed by atoms with Crippen LogP contribution in [-0.2, 0) is 28.8 Å². The van der Waals surface area contributed by atoms with Crippen LogP contribution in [0.25, 0.3) is 0 Å². The number of aromatic amines is 2. The third-order valence-electron chi connectivity index (χ3n) is 2.18.